The van der Waals surface area contributed by atoms with Crippen molar-refractivity contribution in [2.24, 2.45) is 7.05 Å². The van der Waals surface area contributed by atoms with Gasteiger partial charge < -0.3 is 19.0 Å². The standard InChI is InChI=1S/C29H25F2N5O3.H2S/c1-32-25-13-12-22-27(33-25)23(16-26(37)34(22)2)35-14-15-36(24(17-35)29(38)39-3)28(18-4-8-20(30)9-5-18)19-6-10-21(31)11-7-19;/h4-13,16,24,28H,14-15,17H2,2-3H3;1H2/t24-;/m0./s1. The number of fused-ring (bicyclic) bond motifs is 1. The van der Waals surface area contributed by atoms with Crippen LogP contribution >= 0.6 is 13.5 Å². The number of esters is 1. The third-order valence-corrected chi connectivity index (χ3v) is 7.11. The van der Waals surface area contributed by atoms with Crippen molar-refractivity contribution in [2.75, 3.05) is 31.6 Å². The summed E-state index contributed by atoms with van der Waals surface area (Å²) in [4.78, 5) is 37.7. The van der Waals surface area contributed by atoms with Crippen LogP contribution in [0.25, 0.3) is 15.9 Å². The maximum atomic E-state index is 13.8. The van der Waals surface area contributed by atoms with Gasteiger partial charge >= 0.3 is 5.97 Å². The molecule has 0 amide bonds. The number of carbonyl (C=O) groups is 1. The summed E-state index contributed by atoms with van der Waals surface area (Å²) in [6, 6.07) is 15.4. The van der Waals surface area contributed by atoms with E-state index in [1.54, 1.807) is 43.4 Å². The van der Waals surface area contributed by atoms with E-state index >= 15 is 0 Å². The molecule has 1 aliphatic rings. The molecule has 0 unspecified atom stereocenters. The van der Waals surface area contributed by atoms with Gasteiger partial charge in [-0.05, 0) is 47.5 Å². The number of ether oxygens (including phenoxy) is 1. The van der Waals surface area contributed by atoms with Crippen LogP contribution in [0.2, 0.25) is 0 Å². The van der Waals surface area contributed by atoms with Crippen LogP contribution < -0.4 is 10.5 Å². The molecule has 11 heteroatoms. The summed E-state index contributed by atoms with van der Waals surface area (Å²) >= 11 is 0. The fraction of sp³-hybridized carbons (Fsp3) is 0.241. The second-order valence-corrected chi connectivity index (χ2v) is 9.30. The van der Waals surface area contributed by atoms with Gasteiger partial charge in [0.15, 0.2) is 0 Å². The molecule has 0 spiro atoms. The molecule has 2 aromatic carbocycles. The molecular weight excluding hydrogens is 536 g/mol. The Kier molecular flexibility index (Phi) is 8.52. The lowest BCUT2D eigenvalue weighted by Crippen LogP contribution is -2.58. The van der Waals surface area contributed by atoms with Gasteiger partial charge in [0, 0.05) is 32.7 Å². The van der Waals surface area contributed by atoms with E-state index in [0.717, 1.165) is 11.1 Å². The van der Waals surface area contributed by atoms with Crippen LogP contribution in [-0.4, -0.2) is 53.2 Å². The van der Waals surface area contributed by atoms with E-state index in [9.17, 15) is 18.4 Å². The van der Waals surface area contributed by atoms with Crippen molar-refractivity contribution >= 4 is 42.0 Å². The highest BCUT2D eigenvalue weighted by Gasteiger charge is 2.39. The molecule has 0 saturated carbocycles. The lowest BCUT2D eigenvalue weighted by atomic mass is 9.94. The Morgan fingerprint density at radius 3 is 2.17 bits per heavy atom. The normalized spacial score (nSPS) is 15.5. The predicted molar refractivity (Wildman–Crippen MR) is 153 cm³/mol. The van der Waals surface area contributed by atoms with E-state index < -0.39 is 29.7 Å². The molecule has 0 N–H and O–H groups in total. The molecule has 8 nitrogen and oxygen atoms in total. The molecular formula is C29H27F2N5O3S. The maximum absolute atomic E-state index is 13.8. The molecule has 1 aliphatic heterocycles. The van der Waals surface area contributed by atoms with Crippen LogP contribution in [0.15, 0.2) is 71.5 Å². The number of benzene rings is 2. The Labute approximate surface area is 236 Å². The number of aryl methyl sites for hydroxylation is 1. The van der Waals surface area contributed by atoms with Crippen molar-refractivity contribution < 1.29 is 18.3 Å². The Morgan fingerprint density at radius 2 is 1.62 bits per heavy atom. The largest absolute Gasteiger partial charge is 0.468 e. The number of rotatable bonds is 5. The minimum Gasteiger partial charge on any atom is -0.468 e. The number of methoxy groups -OCH3 is 1. The number of carbonyl (C=O) groups excluding carboxylic acids is 1. The van der Waals surface area contributed by atoms with E-state index in [0.29, 0.717) is 29.8 Å². The number of piperazine rings is 1. The van der Waals surface area contributed by atoms with Gasteiger partial charge in [-0.25, -0.2) is 8.78 Å². The summed E-state index contributed by atoms with van der Waals surface area (Å²) in [5.74, 6) is -1.08. The SMILES string of the molecule is S.[C-]#[N+]c1ccc2c(n1)c(N1CCN(C(c3ccc(F)cc3)c3ccc(F)cc3)[C@H](C(=O)OC)C1)cc(=O)n2C. The highest BCUT2D eigenvalue weighted by Crippen LogP contribution is 2.35. The number of hydrogen-bond donors (Lipinski definition) is 0. The van der Waals surface area contributed by atoms with Crippen LogP contribution in [-0.2, 0) is 16.6 Å². The second kappa shape index (κ2) is 11.9. The number of aromatic nitrogens is 2. The monoisotopic (exact) mass is 563 g/mol. The predicted octanol–water partition coefficient (Wildman–Crippen LogP) is 4.33. The first kappa shape index (κ1) is 28.7. The topological polar surface area (TPSA) is 72.0 Å². The Balaban J connectivity index is 0.00000370. The number of pyridine rings is 2. The molecule has 0 aliphatic carbocycles. The van der Waals surface area contributed by atoms with Gasteiger partial charge in [-0.15, -0.1) is 4.98 Å². The van der Waals surface area contributed by atoms with Crippen LogP contribution in [0.3, 0.4) is 0 Å². The second-order valence-electron chi connectivity index (χ2n) is 9.30. The first-order chi connectivity index (χ1) is 18.8. The lowest BCUT2D eigenvalue weighted by Gasteiger charge is -2.44. The Hall–Kier alpha value is -4.27. The first-order valence-corrected chi connectivity index (χ1v) is 12.3. The van der Waals surface area contributed by atoms with Crippen molar-refractivity contribution in [3.63, 3.8) is 0 Å². The van der Waals surface area contributed by atoms with Gasteiger partial charge in [0.25, 0.3) is 11.4 Å². The zero-order valence-corrected chi connectivity index (χ0v) is 22.8. The number of anilines is 1. The van der Waals surface area contributed by atoms with Gasteiger partial charge in [0.1, 0.15) is 17.7 Å². The summed E-state index contributed by atoms with van der Waals surface area (Å²) in [5.41, 5.74) is 2.78. The summed E-state index contributed by atoms with van der Waals surface area (Å²) in [7, 11) is 2.94. The summed E-state index contributed by atoms with van der Waals surface area (Å²) in [6.07, 6.45) is 0. The third-order valence-electron chi connectivity index (χ3n) is 7.11. The summed E-state index contributed by atoms with van der Waals surface area (Å²) in [6.45, 7) is 8.31. The van der Waals surface area contributed by atoms with Crippen molar-refractivity contribution in [1.29, 1.82) is 0 Å². The molecule has 1 atom stereocenters. The van der Waals surface area contributed by atoms with Crippen LogP contribution in [0.4, 0.5) is 20.3 Å². The van der Waals surface area contributed by atoms with Crippen molar-refractivity contribution in [1.82, 2.24) is 14.5 Å². The molecule has 40 heavy (non-hydrogen) atoms. The van der Waals surface area contributed by atoms with Gasteiger partial charge in [0.05, 0.1) is 24.4 Å². The lowest BCUT2D eigenvalue weighted by molar-refractivity contribution is -0.148. The molecule has 3 heterocycles. The average Bonchev–Trinajstić information content (AvgIpc) is 2.96. The van der Waals surface area contributed by atoms with E-state index in [-0.39, 0.29) is 31.4 Å². The Morgan fingerprint density at radius 1 is 1.02 bits per heavy atom. The van der Waals surface area contributed by atoms with Gasteiger partial charge in [0.2, 0.25) is 5.52 Å². The number of halogens is 2. The first-order valence-electron chi connectivity index (χ1n) is 12.3. The summed E-state index contributed by atoms with van der Waals surface area (Å²) < 4.78 is 34.2. The van der Waals surface area contributed by atoms with Gasteiger partial charge in [-0.2, -0.15) is 13.5 Å². The molecule has 206 valence electrons. The zero-order chi connectivity index (χ0) is 27.7. The fourth-order valence-corrected chi connectivity index (χ4v) is 5.14. The van der Waals surface area contributed by atoms with Gasteiger partial charge in [-0.1, -0.05) is 30.8 Å². The minimum atomic E-state index is -0.785. The Bertz CT molecular complexity index is 1590. The zero-order valence-electron chi connectivity index (χ0n) is 21.8. The third kappa shape index (κ3) is 5.41. The highest BCUT2D eigenvalue weighted by molar-refractivity contribution is 7.59. The smallest absolute Gasteiger partial charge is 0.324 e. The van der Waals surface area contributed by atoms with Crippen LogP contribution in [0.5, 0.6) is 0 Å². The maximum Gasteiger partial charge on any atom is 0.324 e. The molecule has 1 saturated heterocycles. The molecule has 1 fully saturated rings. The molecule has 0 bridgehead atoms. The molecule has 4 aromatic rings. The van der Waals surface area contributed by atoms with Crippen LogP contribution in [0.1, 0.15) is 17.2 Å². The molecule has 2 aromatic heterocycles. The van der Waals surface area contributed by atoms with Crippen LogP contribution in [0, 0.1) is 18.2 Å². The summed E-state index contributed by atoms with van der Waals surface area (Å²) in [5, 5.41) is 0. The van der Waals surface area contributed by atoms with Gasteiger partial charge in [-0.3, -0.25) is 14.5 Å². The molecule has 0 radical (unpaired) electrons. The quantitative estimate of drug-likeness (QED) is 0.266. The number of nitrogens with zero attached hydrogens (tertiary/aromatic N) is 5. The fourth-order valence-electron chi connectivity index (χ4n) is 5.14. The van der Waals surface area contributed by atoms with E-state index in [1.165, 1.54) is 42.0 Å². The molecule has 5 rings (SSSR count). The number of hydrogen-bond acceptors (Lipinski definition) is 6. The van der Waals surface area contributed by atoms with E-state index in [2.05, 4.69) is 9.83 Å². The minimum absolute atomic E-state index is 0. The van der Waals surface area contributed by atoms with Crippen molar-refractivity contribution in [2.45, 2.75) is 12.1 Å². The van der Waals surface area contributed by atoms with E-state index in [1.807, 2.05) is 9.80 Å². The van der Waals surface area contributed by atoms with Crippen molar-refractivity contribution in [3.05, 3.63) is 111 Å². The highest BCUT2D eigenvalue weighted by atomic mass is 32.1. The van der Waals surface area contributed by atoms with E-state index in [4.69, 9.17) is 11.3 Å². The van der Waals surface area contributed by atoms with Crippen molar-refractivity contribution in [3.8, 4) is 0 Å². The average molecular weight is 564 g/mol.